The van der Waals surface area contributed by atoms with Crippen molar-refractivity contribution in [1.82, 2.24) is 0 Å². The van der Waals surface area contributed by atoms with Crippen molar-refractivity contribution in [1.29, 1.82) is 0 Å². The highest BCUT2D eigenvalue weighted by atomic mass is 16.5. The minimum atomic E-state index is 0.254. The van der Waals surface area contributed by atoms with E-state index in [1.165, 1.54) is 0 Å². The zero-order chi connectivity index (χ0) is 7.94. The quantitative estimate of drug-likeness (QED) is 0.627. The molecule has 11 heavy (non-hydrogen) atoms. The molecule has 1 heterocycles. The van der Waals surface area contributed by atoms with Gasteiger partial charge >= 0.3 is 0 Å². The predicted octanol–water partition coefficient (Wildman–Crippen LogP) is 1.49. The second-order valence-electron chi connectivity index (χ2n) is 2.85. The van der Waals surface area contributed by atoms with E-state index in [0.717, 1.165) is 32.3 Å². The molecule has 0 bridgehead atoms. The lowest BCUT2D eigenvalue weighted by Crippen LogP contribution is -2.09. The lowest BCUT2D eigenvalue weighted by molar-refractivity contribution is 0.0769. The molecule has 1 atom stereocenters. The molecule has 1 aliphatic rings. The van der Waals surface area contributed by atoms with Crippen LogP contribution < -0.4 is 0 Å². The van der Waals surface area contributed by atoms with Crippen LogP contribution in [0.4, 0.5) is 0 Å². The summed E-state index contributed by atoms with van der Waals surface area (Å²) in [4.78, 5) is 0. The van der Waals surface area contributed by atoms with Gasteiger partial charge in [-0.25, -0.2) is 0 Å². The third-order valence-corrected chi connectivity index (χ3v) is 1.84. The molecular weight excluding hydrogens is 140 g/mol. The fraction of sp³-hybridized carbons (Fsp3) is 0.778. The van der Waals surface area contributed by atoms with Crippen molar-refractivity contribution in [3.05, 3.63) is 12.2 Å². The van der Waals surface area contributed by atoms with E-state index in [-0.39, 0.29) is 12.7 Å². The first-order valence-electron chi connectivity index (χ1n) is 4.32. The third-order valence-electron chi connectivity index (χ3n) is 1.84. The maximum absolute atomic E-state index is 8.59. The van der Waals surface area contributed by atoms with Crippen LogP contribution in [0.15, 0.2) is 12.2 Å². The molecule has 0 amide bonds. The first-order chi connectivity index (χ1) is 5.43. The first-order valence-corrected chi connectivity index (χ1v) is 4.32. The van der Waals surface area contributed by atoms with E-state index in [4.69, 9.17) is 9.84 Å². The van der Waals surface area contributed by atoms with Crippen LogP contribution in [0.2, 0.25) is 0 Å². The molecule has 0 saturated heterocycles. The Morgan fingerprint density at radius 2 is 2.45 bits per heavy atom. The smallest absolute Gasteiger partial charge is 0.0756 e. The Kier molecular flexibility index (Phi) is 4.24. The number of ether oxygens (including phenoxy) is 1. The van der Waals surface area contributed by atoms with E-state index in [0.29, 0.717) is 0 Å². The molecule has 2 nitrogen and oxygen atoms in total. The number of aliphatic hydroxyl groups excluding tert-OH is 1. The Morgan fingerprint density at radius 3 is 3.27 bits per heavy atom. The van der Waals surface area contributed by atoms with E-state index in [1.807, 2.05) is 0 Å². The Balaban J connectivity index is 2.19. The van der Waals surface area contributed by atoms with E-state index in [9.17, 15) is 0 Å². The number of allylic oxidation sites excluding steroid dienone is 1. The lowest BCUT2D eigenvalue weighted by Gasteiger charge is -2.10. The van der Waals surface area contributed by atoms with Gasteiger partial charge in [-0.3, -0.25) is 0 Å². The Hall–Kier alpha value is -0.340. The number of aliphatic hydroxyl groups is 1. The molecule has 0 saturated carbocycles. The SMILES string of the molecule is OCCCC1C=CCCCO1. The van der Waals surface area contributed by atoms with Gasteiger partial charge in [-0.2, -0.15) is 0 Å². The predicted molar refractivity (Wildman–Crippen MR) is 44.4 cm³/mol. The highest BCUT2D eigenvalue weighted by Crippen LogP contribution is 2.09. The second-order valence-corrected chi connectivity index (χ2v) is 2.85. The number of hydrogen-bond acceptors (Lipinski definition) is 2. The van der Waals surface area contributed by atoms with Gasteiger partial charge in [0.15, 0.2) is 0 Å². The van der Waals surface area contributed by atoms with Crippen molar-refractivity contribution in [3.63, 3.8) is 0 Å². The van der Waals surface area contributed by atoms with E-state index in [2.05, 4.69) is 12.2 Å². The highest BCUT2D eigenvalue weighted by Gasteiger charge is 2.05. The Labute approximate surface area is 67.9 Å². The van der Waals surface area contributed by atoms with Crippen LogP contribution in [0.1, 0.15) is 25.7 Å². The summed E-state index contributed by atoms with van der Waals surface area (Å²) in [6, 6.07) is 0. The molecule has 0 fully saturated rings. The third kappa shape index (κ3) is 3.54. The van der Waals surface area contributed by atoms with Crippen LogP contribution in [0.5, 0.6) is 0 Å². The molecule has 1 unspecified atom stereocenters. The van der Waals surface area contributed by atoms with Crippen LogP contribution in [0.3, 0.4) is 0 Å². The van der Waals surface area contributed by atoms with E-state index < -0.39 is 0 Å². The Morgan fingerprint density at radius 1 is 1.55 bits per heavy atom. The van der Waals surface area contributed by atoms with Crippen LogP contribution >= 0.6 is 0 Å². The molecule has 0 aromatic carbocycles. The second kappa shape index (κ2) is 5.33. The topological polar surface area (TPSA) is 29.5 Å². The van der Waals surface area contributed by atoms with Crippen LogP contribution in [0, 0.1) is 0 Å². The van der Waals surface area contributed by atoms with Crippen LogP contribution in [-0.4, -0.2) is 24.4 Å². The Bertz CT molecular complexity index is 121. The lowest BCUT2D eigenvalue weighted by atomic mass is 10.2. The monoisotopic (exact) mass is 156 g/mol. The van der Waals surface area contributed by atoms with Crippen molar-refractivity contribution in [3.8, 4) is 0 Å². The largest absolute Gasteiger partial charge is 0.396 e. The van der Waals surface area contributed by atoms with Crippen LogP contribution in [-0.2, 0) is 4.74 Å². The minimum Gasteiger partial charge on any atom is -0.396 e. The standard InChI is InChI=1S/C9H16O2/c10-7-4-6-9-5-2-1-3-8-11-9/h2,5,9-10H,1,3-4,6-8H2. The molecule has 2 heteroatoms. The summed E-state index contributed by atoms with van der Waals surface area (Å²) < 4.78 is 5.51. The molecule has 1 rings (SSSR count). The molecule has 64 valence electrons. The van der Waals surface area contributed by atoms with Gasteiger partial charge in [0.05, 0.1) is 6.10 Å². The van der Waals surface area contributed by atoms with Crippen molar-refractivity contribution in [2.24, 2.45) is 0 Å². The normalized spacial score (nSPS) is 25.0. The van der Waals surface area contributed by atoms with Gasteiger partial charge in [0.2, 0.25) is 0 Å². The summed E-state index contributed by atoms with van der Waals surface area (Å²) in [7, 11) is 0. The number of hydrogen-bond donors (Lipinski definition) is 1. The molecule has 1 aliphatic heterocycles. The van der Waals surface area contributed by atoms with Gasteiger partial charge in [-0.05, 0) is 25.7 Å². The average molecular weight is 156 g/mol. The maximum Gasteiger partial charge on any atom is 0.0756 e. The van der Waals surface area contributed by atoms with Gasteiger partial charge in [-0.1, -0.05) is 12.2 Å². The molecule has 0 spiro atoms. The molecule has 0 aliphatic carbocycles. The first kappa shape index (κ1) is 8.75. The average Bonchev–Trinajstić information content (AvgIpc) is 2.28. The summed E-state index contributed by atoms with van der Waals surface area (Å²) in [6.07, 6.45) is 8.60. The molecule has 0 aromatic heterocycles. The fourth-order valence-corrected chi connectivity index (χ4v) is 1.21. The van der Waals surface area contributed by atoms with Crippen molar-refractivity contribution >= 4 is 0 Å². The van der Waals surface area contributed by atoms with Gasteiger partial charge in [0.25, 0.3) is 0 Å². The van der Waals surface area contributed by atoms with Gasteiger partial charge in [0.1, 0.15) is 0 Å². The summed E-state index contributed by atoms with van der Waals surface area (Å²) in [5.74, 6) is 0. The van der Waals surface area contributed by atoms with Crippen molar-refractivity contribution in [2.75, 3.05) is 13.2 Å². The molecular formula is C9H16O2. The van der Waals surface area contributed by atoms with E-state index >= 15 is 0 Å². The van der Waals surface area contributed by atoms with E-state index in [1.54, 1.807) is 0 Å². The summed E-state index contributed by atoms with van der Waals surface area (Å²) in [5.41, 5.74) is 0. The summed E-state index contributed by atoms with van der Waals surface area (Å²) >= 11 is 0. The molecule has 1 N–H and O–H groups in total. The molecule has 0 radical (unpaired) electrons. The number of rotatable bonds is 3. The zero-order valence-corrected chi connectivity index (χ0v) is 6.83. The fourth-order valence-electron chi connectivity index (χ4n) is 1.21. The van der Waals surface area contributed by atoms with Gasteiger partial charge < -0.3 is 9.84 Å². The van der Waals surface area contributed by atoms with Crippen molar-refractivity contribution in [2.45, 2.75) is 31.8 Å². The maximum atomic E-state index is 8.59. The highest BCUT2D eigenvalue weighted by molar-refractivity contribution is 4.91. The van der Waals surface area contributed by atoms with Gasteiger partial charge in [-0.15, -0.1) is 0 Å². The van der Waals surface area contributed by atoms with Crippen LogP contribution in [0.25, 0.3) is 0 Å². The van der Waals surface area contributed by atoms with Crippen molar-refractivity contribution < 1.29 is 9.84 Å². The van der Waals surface area contributed by atoms with Gasteiger partial charge in [0, 0.05) is 13.2 Å². The summed E-state index contributed by atoms with van der Waals surface area (Å²) in [5, 5.41) is 8.59. The zero-order valence-electron chi connectivity index (χ0n) is 6.83. The summed E-state index contributed by atoms with van der Waals surface area (Å²) in [6.45, 7) is 1.14. The molecule has 0 aromatic rings. The minimum absolute atomic E-state index is 0.254.